The normalized spacial score (nSPS) is 13.7. The van der Waals surface area contributed by atoms with Gasteiger partial charge >= 0.3 is 0 Å². The Kier molecular flexibility index (Phi) is 7.77. The molecule has 0 aliphatic heterocycles. The molecule has 0 fully saturated rings. The lowest BCUT2D eigenvalue weighted by atomic mass is 9.94. The number of ketones is 1. The van der Waals surface area contributed by atoms with E-state index in [-0.39, 0.29) is 31.4 Å². The average Bonchev–Trinajstić information content (AvgIpc) is 2.50. The van der Waals surface area contributed by atoms with E-state index in [1.54, 1.807) is 6.92 Å². The summed E-state index contributed by atoms with van der Waals surface area (Å²) in [6, 6.07) is 7.97. The van der Waals surface area contributed by atoms with Gasteiger partial charge in [-0.25, -0.2) is 0 Å². The van der Waals surface area contributed by atoms with Crippen molar-refractivity contribution < 1.29 is 24.2 Å². The Labute approximate surface area is 131 Å². The first-order valence-corrected chi connectivity index (χ1v) is 7.40. The fourth-order valence-corrected chi connectivity index (χ4v) is 2.07. The van der Waals surface area contributed by atoms with Crippen LogP contribution in [0.2, 0.25) is 0 Å². The van der Waals surface area contributed by atoms with Crippen molar-refractivity contribution in [3.05, 3.63) is 35.4 Å². The summed E-state index contributed by atoms with van der Waals surface area (Å²) in [5.74, 6) is 0.141. The summed E-state index contributed by atoms with van der Waals surface area (Å²) in [5.41, 5.74) is 2.16. The smallest absolute Gasteiger partial charge is 0.293 e. The fraction of sp³-hybridized carbons (Fsp3) is 0.529. The predicted molar refractivity (Wildman–Crippen MR) is 82.4 cm³/mol. The molecular formula is C17H24O5. The first-order valence-electron chi connectivity index (χ1n) is 7.40. The van der Waals surface area contributed by atoms with Crippen molar-refractivity contribution in [1.82, 2.24) is 0 Å². The van der Waals surface area contributed by atoms with Crippen LogP contribution in [0.25, 0.3) is 0 Å². The summed E-state index contributed by atoms with van der Waals surface area (Å²) in [7, 11) is 0. The van der Waals surface area contributed by atoms with Crippen LogP contribution in [0.3, 0.4) is 0 Å². The quantitative estimate of drug-likeness (QED) is 0.529. The zero-order chi connectivity index (χ0) is 16.5. The molecule has 1 N–H and O–H groups in total. The molecule has 0 amide bonds. The predicted octanol–water partition coefficient (Wildman–Crippen LogP) is 2.07. The summed E-state index contributed by atoms with van der Waals surface area (Å²) in [4.78, 5) is 22.0. The van der Waals surface area contributed by atoms with E-state index in [0.717, 1.165) is 12.0 Å². The maximum atomic E-state index is 12.0. The number of hydrogen-bond acceptors (Lipinski definition) is 5. The van der Waals surface area contributed by atoms with E-state index in [1.165, 1.54) is 5.56 Å². The molecule has 0 bridgehead atoms. The Hall–Kier alpha value is -1.72. The van der Waals surface area contributed by atoms with Crippen LogP contribution >= 0.6 is 0 Å². The zero-order valence-corrected chi connectivity index (χ0v) is 13.3. The molecule has 5 nitrogen and oxygen atoms in total. The maximum absolute atomic E-state index is 12.0. The van der Waals surface area contributed by atoms with Crippen LogP contribution < -0.4 is 0 Å². The van der Waals surface area contributed by atoms with E-state index in [0.29, 0.717) is 5.92 Å². The number of hydrogen-bond donors (Lipinski definition) is 1. The van der Waals surface area contributed by atoms with Crippen molar-refractivity contribution in [1.29, 1.82) is 0 Å². The van der Waals surface area contributed by atoms with Crippen LogP contribution in [-0.4, -0.2) is 36.9 Å². The molecule has 22 heavy (non-hydrogen) atoms. The van der Waals surface area contributed by atoms with Crippen LogP contribution in [0, 0.1) is 5.92 Å². The number of carbonyl (C=O) groups is 2. The van der Waals surface area contributed by atoms with Gasteiger partial charge in [0.05, 0.1) is 0 Å². The summed E-state index contributed by atoms with van der Waals surface area (Å²) in [6.07, 6.45) is -0.274. The van der Waals surface area contributed by atoms with E-state index >= 15 is 0 Å². The molecule has 1 aromatic carbocycles. The summed E-state index contributed by atoms with van der Waals surface area (Å²) in [5, 5.41) is 9.34. The lowest BCUT2D eigenvalue weighted by Crippen LogP contribution is -2.24. The van der Waals surface area contributed by atoms with Gasteiger partial charge in [-0.2, -0.15) is 0 Å². The molecular weight excluding hydrogens is 284 g/mol. The van der Waals surface area contributed by atoms with Gasteiger partial charge in [0.15, 0.2) is 12.1 Å². The van der Waals surface area contributed by atoms with Crippen molar-refractivity contribution in [2.75, 3.05) is 13.2 Å². The number of aliphatic hydroxyl groups is 1. The third kappa shape index (κ3) is 6.37. The largest absolute Gasteiger partial charge is 0.462 e. The summed E-state index contributed by atoms with van der Waals surface area (Å²) < 4.78 is 9.30. The number of carbonyl (C=O) groups excluding carboxylic acids is 2. The van der Waals surface area contributed by atoms with Gasteiger partial charge in [-0.05, 0) is 23.5 Å². The number of benzene rings is 1. The number of Topliss-reactive ketones (excluding diaryl/α,β-unsaturated/α-hetero) is 1. The first-order chi connectivity index (χ1) is 10.4. The highest BCUT2D eigenvalue weighted by molar-refractivity contribution is 5.86. The molecule has 1 aromatic rings. The molecule has 5 heteroatoms. The Morgan fingerprint density at radius 3 is 2.41 bits per heavy atom. The highest BCUT2D eigenvalue weighted by Gasteiger charge is 2.17. The third-order valence-corrected chi connectivity index (χ3v) is 3.33. The molecule has 2 unspecified atom stereocenters. The molecule has 0 saturated carbocycles. The van der Waals surface area contributed by atoms with E-state index in [1.807, 2.05) is 24.3 Å². The molecule has 122 valence electrons. The fourth-order valence-electron chi connectivity index (χ4n) is 2.07. The van der Waals surface area contributed by atoms with Gasteiger partial charge in [0.1, 0.15) is 13.2 Å². The Bertz CT molecular complexity index is 466. The van der Waals surface area contributed by atoms with Gasteiger partial charge in [0.25, 0.3) is 6.47 Å². The lowest BCUT2D eigenvalue weighted by molar-refractivity contribution is -0.159. The zero-order valence-electron chi connectivity index (χ0n) is 13.3. The lowest BCUT2D eigenvalue weighted by Gasteiger charge is -2.14. The Balaban J connectivity index is 2.50. The van der Waals surface area contributed by atoms with E-state index in [4.69, 9.17) is 4.74 Å². The second-order valence-corrected chi connectivity index (χ2v) is 5.72. The van der Waals surface area contributed by atoms with Gasteiger partial charge in [0, 0.05) is 5.92 Å². The molecule has 0 aliphatic rings. The average molecular weight is 308 g/mol. The van der Waals surface area contributed by atoms with E-state index < -0.39 is 6.29 Å². The molecule has 0 spiro atoms. The highest BCUT2D eigenvalue weighted by atomic mass is 16.6. The van der Waals surface area contributed by atoms with Gasteiger partial charge in [-0.1, -0.05) is 45.0 Å². The van der Waals surface area contributed by atoms with Crippen LogP contribution in [0.1, 0.15) is 37.8 Å². The first kappa shape index (κ1) is 18.3. The van der Waals surface area contributed by atoms with Crippen LogP contribution in [0.15, 0.2) is 24.3 Å². The number of rotatable bonds is 10. The van der Waals surface area contributed by atoms with Crippen molar-refractivity contribution in [2.24, 2.45) is 5.92 Å². The van der Waals surface area contributed by atoms with Crippen LogP contribution in [0.4, 0.5) is 0 Å². The molecule has 0 heterocycles. The molecule has 1 rings (SSSR count). The van der Waals surface area contributed by atoms with Gasteiger partial charge in [-0.3, -0.25) is 9.59 Å². The van der Waals surface area contributed by atoms with E-state index in [2.05, 4.69) is 18.6 Å². The SMILES string of the molecule is CC(C)Cc1ccc(C(C)C(=O)COC(O)COC=O)cc1. The molecule has 0 radical (unpaired) electrons. The van der Waals surface area contributed by atoms with Gasteiger partial charge < -0.3 is 14.6 Å². The molecule has 2 atom stereocenters. The minimum atomic E-state index is -1.28. The summed E-state index contributed by atoms with van der Waals surface area (Å²) in [6.45, 7) is 5.84. The Morgan fingerprint density at radius 1 is 1.23 bits per heavy atom. The molecule has 0 saturated heterocycles. The third-order valence-electron chi connectivity index (χ3n) is 3.33. The van der Waals surface area contributed by atoms with Crippen molar-refractivity contribution >= 4 is 12.3 Å². The van der Waals surface area contributed by atoms with E-state index in [9.17, 15) is 14.7 Å². The maximum Gasteiger partial charge on any atom is 0.293 e. The van der Waals surface area contributed by atoms with Crippen LogP contribution in [0.5, 0.6) is 0 Å². The topological polar surface area (TPSA) is 72.8 Å². The van der Waals surface area contributed by atoms with Crippen molar-refractivity contribution in [2.45, 2.75) is 39.4 Å². The Morgan fingerprint density at radius 2 is 1.86 bits per heavy atom. The van der Waals surface area contributed by atoms with Gasteiger partial charge in [0.2, 0.25) is 0 Å². The molecule has 0 aromatic heterocycles. The summed E-state index contributed by atoms with van der Waals surface area (Å²) >= 11 is 0. The minimum absolute atomic E-state index is 0.137. The van der Waals surface area contributed by atoms with Gasteiger partial charge in [-0.15, -0.1) is 0 Å². The second-order valence-electron chi connectivity index (χ2n) is 5.72. The monoisotopic (exact) mass is 308 g/mol. The second kappa shape index (κ2) is 9.33. The van der Waals surface area contributed by atoms with Crippen molar-refractivity contribution in [3.63, 3.8) is 0 Å². The van der Waals surface area contributed by atoms with Crippen molar-refractivity contribution in [3.8, 4) is 0 Å². The number of aliphatic hydroxyl groups excluding tert-OH is 1. The van der Waals surface area contributed by atoms with Crippen LogP contribution in [-0.2, 0) is 25.5 Å². The molecule has 0 aliphatic carbocycles. The minimum Gasteiger partial charge on any atom is -0.462 e. The standard InChI is InChI=1S/C17H24O5/c1-12(2)8-14-4-6-15(7-5-14)13(3)16(19)9-22-17(20)10-21-11-18/h4-7,11-13,17,20H,8-10H2,1-3H3. The highest BCUT2D eigenvalue weighted by Crippen LogP contribution is 2.18. The number of ether oxygens (including phenoxy) is 2.